The van der Waals surface area contributed by atoms with E-state index in [4.69, 9.17) is 4.74 Å². The fourth-order valence-electron chi connectivity index (χ4n) is 2.99. The number of nitrogens with one attached hydrogen (secondary N) is 1. The number of carbonyl (C=O) groups is 2. The average Bonchev–Trinajstić information content (AvgIpc) is 2.56. The molecule has 0 unspecified atom stereocenters. The van der Waals surface area contributed by atoms with Gasteiger partial charge in [-0.25, -0.2) is 0 Å². The average molecular weight is 336 g/mol. The molecule has 1 aliphatic rings. The van der Waals surface area contributed by atoms with Crippen LogP contribution in [-0.4, -0.2) is 28.5 Å². The minimum atomic E-state index is -1.00. The largest absolute Gasteiger partial charge is 0.494 e. The molecule has 130 valence electrons. The first-order valence-electron chi connectivity index (χ1n) is 7.89. The van der Waals surface area contributed by atoms with Crippen molar-refractivity contribution in [3.8, 4) is 5.75 Å². The highest BCUT2D eigenvalue weighted by molar-refractivity contribution is 5.97. The Balaban J connectivity index is 2.21. The summed E-state index contributed by atoms with van der Waals surface area (Å²) in [7, 11) is 0. The van der Waals surface area contributed by atoms with Crippen molar-refractivity contribution in [1.29, 1.82) is 0 Å². The highest BCUT2D eigenvalue weighted by atomic mass is 16.6. The number of hydrogen-bond donors (Lipinski definition) is 2. The maximum absolute atomic E-state index is 12.4. The molecule has 2 N–H and O–H groups in total. The van der Waals surface area contributed by atoms with Gasteiger partial charge in [0, 0.05) is 0 Å². The number of hydrogen-bond acceptors (Lipinski definition) is 5. The molecule has 0 bridgehead atoms. The van der Waals surface area contributed by atoms with Gasteiger partial charge in [0.15, 0.2) is 0 Å². The van der Waals surface area contributed by atoms with Gasteiger partial charge < -0.3 is 15.2 Å². The predicted octanol–water partition coefficient (Wildman–Crippen LogP) is 2.82. The smallest absolute Gasteiger partial charge is 0.307 e. The third kappa shape index (κ3) is 4.01. The second-order valence-electron chi connectivity index (χ2n) is 5.69. The van der Waals surface area contributed by atoms with E-state index >= 15 is 0 Å². The number of benzene rings is 1. The molecule has 1 fully saturated rings. The van der Waals surface area contributed by atoms with Gasteiger partial charge in [-0.05, 0) is 31.9 Å². The monoisotopic (exact) mass is 336 g/mol. The van der Waals surface area contributed by atoms with E-state index < -0.39 is 28.6 Å². The first-order valence-corrected chi connectivity index (χ1v) is 7.89. The Morgan fingerprint density at radius 1 is 1.33 bits per heavy atom. The molecule has 1 aromatic carbocycles. The Bertz CT molecular complexity index is 645. The third-order valence-electron chi connectivity index (χ3n) is 4.15. The highest BCUT2D eigenvalue weighted by Gasteiger charge is 2.36. The summed E-state index contributed by atoms with van der Waals surface area (Å²) < 4.78 is 5.23. The predicted molar refractivity (Wildman–Crippen MR) is 86.0 cm³/mol. The van der Waals surface area contributed by atoms with Crippen molar-refractivity contribution in [2.24, 2.45) is 11.8 Å². The van der Waals surface area contributed by atoms with Crippen LogP contribution in [0.4, 0.5) is 11.4 Å². The van der Waals surface area contributed by atoms with Crippen molar-refractivity contribution in [1.82, 2.24) is 0 Å². The number of nitrogens with zero attached hydrogens (tertiary/aromatic N) is 1. The number of carboxylic acid groups (broad SMARTS) is 1. The molecule has 0 radical (unpaired) electrons. The van der Waals surface area contributed by atoms with Gasteiger partial charge in [0.2, 0.25) is 5.91 Å². The van der Waals surface area contributed by atoms with E-state index in [9.17, 15) is 24.8 Å². The molecule has 1 amide bonds. The summed E-state index contributed by atoms with van der Waals surface area (Å²) in [5.74, 6) is -2.59. The van der Waals surface area contributed by atoms with Crippen molar-refractivity contribution >= 4 is 23.3 Å². The molecular weight excluding hydrogens is 316 g/mol. The molecule has 2 rings (SSSR count). The maximum Gasteiger partial charge on any atom is 0.307 e. The molecule has 0 heterocycles. The number of nitro benzene ring substituents is 1. The number of aliphatic carboxylic acids is 1. The molecule has 24 heavy (non-hydrogen) atoms. The van der Waals surface area contributed by atoms with Crippen LogP contribution < -0.4 is 10.1 Å². The Kier molecular flexibility index (Phi) is 5.73. The summed E-state index contributed by atoms with van der Waals surface area (Å²) in [6.45, 7) is 2.13. The summed E-state index contributed by atoms with van der Waals surface area (Å²) in [5, 5.41) is 23.0. The lowest BCUT2D eigenvalue weighted by atomic mass is 9.78. The Morgan fingerprint density at radius 2 is 2.00 bits per heavy atom. The summed E-state index contributed by atoms with van der Waals surface area (Å²) >= 11 is 0. The zero-order valence-electron chi connectivity index (χ0n) is 13.4. The van der Waals surface area contributed by atoms with Gasteiger partial charge in [-0.1, -0.05) is 12.8 Å². The first-order chi connectivity index (χ1) is 11.4. The van der Waals surface area contributed by atoms with E-state index in [0.717, 1.165) is 12.8 Å². The Morgan fingerprint density at radius 3 is 2.58 bits per heavy atom. The minimum Gasteiger partial charge on any atom is -0.494 e. The van der Waals surface area contributed by atoms with Crippen LogP contribution in [0.3, 0.4) is 0 Å². The highest BCUT2D eigenvalue weighted by Crippen LogP contribution is 2.34. The standard InChI is InChI=1S/C16H20N2O6/c1-2-24-10-7-8-13(14(9-10)18(22)23)17-15(19)11-5-3-4-6-12(11)16(20)21/h7-9,11-12H,2-6H2,1H3,(H,17,19)(H,20,21)/t11-,12-/m1/s1. The Labute approximate surface area is 139 Å². The number of amides is 1. The van der Waals surface area contributed by atoms with Crippen LogP contribution in [0.2, 0.25) is 0 Å². The van der Waals surface area contributed by atoms with E-state index in [-0.39, 0.29) is 11.4 Å². The minimum absolute atomic E-state index is 0.0446. The van der Waals surface area contributed by atoms with Gasteiger partial charge in [0.05, 0.1) is 29.4 Å². The van der Waals surface area contributed by atoms with Crippen LogP contribution in [0.5, 0.6) is 5.75 Å². The number of nitro groups is 1. The Hall–Kier alpha value is -2.64. The summed E-state index contributed by atoms with van der Waals surface area (Å²) in [5.41, 5.74) is -0.236. The molecular formula is C16H20N2O6. The van der Waals surface area contributed by atoms with E-state index in [1.54, 1.807) is 6.92 Å². The summed E-state index contributed by atoms with van der Waals surface area (Å²) in [4.78, 5) is 34.4. The molecule has 0 spiro atoms. The van der Waals surface area contributed by atoms with Crippen LogP contribution in [0, 0.1) is 22.0 Å². The van der Waals surface area contributed by atoms with Crippen LogP contribution in [0.1, 0.15) is 32.6 Å². The number of carbonyl (C=O) groups excluding carboxylic acids is 1. The molecule has 1 saturated carbocycles. The summed E-state index contributed by atoms with van der Waals surface area (Å²) in [6, 6.07) is 4.18. The van der Waals surface area contributed by atoms with Gasteiger partial charge in [0.1, 0.15) is 11.4 Å². The van der Waals surface area contributed by atoms with Gasteiger partial charge in [-0.3, -0.25) is 19.7 Å². The van der Waals surface area contributed by atoms with Crippen LogP contribution in [-0.2, 0) is 9.59 Å². The third-order valence-corrected chi connectivity index (χ3v) is 4.15. The number of rotatable bonds is 6. The van der Waals surface area contributed by atoms with Gasteiger partial charge in [-0.2, -0.15) is 0 Å². The van der Waals surface area contributed by atoms with Crippen molar-refractivity contribution in [3.63, 3.8) is 0 Å². The van der Waals surface area contributed by atoms with Crippen molar-refractivity contribution in [2.45, 2.75) is 32.6 Å². The molecule has 0 aromatic heterocycles. The number of carboxylic acids is 1. The molecule has 0 saturated heterocycles. The topological polar surface area (TPSA) is 119 Å². The van der Waals surface area contributed by atoms with E-state index in [1.807, 2.05) is 0 Å². The lowest BCUT2D eigenvalue weighted by Crippen LogP contribution is -2.36. The fraction of sp³-hybridized carbons (Fsp3) is 0.500. The van der Waals surface area contributed by atoms with E-state index in [1.165, 1.54) is 18.2 Å². The van der Waals surface area contributed by atoms with Gasteiger partial charge in [0.25, 0.3) is 5.69 Å². The van der Waals surface area contributed by atoms with Crippen molar-refractivity contribution < 1.29 is 24.4 Å². The second kappa shape index (κ2) is 7.76. The van der Waals surface area contributed by atoms with Crippen molar-refractivity contribution in [2.75, 3.05) is 11.9 Å². The molecule has 2 atom stereocenters. The molecule has 8 nitrogen and oxygen atoms in total. The maximum atomic E-state index is 12.4. The van der Waals surface area contributed by atoms with Crippen molar-refractivity contribution in [3.05, 3.63) is 28.3 Å². The number of anilines is 1. The molecule has 0 aliphatic heterocycles. The quantitative estimate of drug-likeness (QED) is 0.609. The van der Waals surface area contributed by atoms with Gasteiger partial charge >= 0.3 is 5.97 Å². The zero-order valence-corrected chi connectivity index (χ0v) is 13.4. The van der Waals surface area contributed by atoms with Crippen LogP contribution >= 0.6 is 0 Å². The molecule has 1 aromatic rings. The molecule has 8 heteroatoms. The van der Waals surface area contributed by atoms with E-state index in [2.05, 4.69) is 5.32 Å². The van der Waals surface area contributed by atoms with Crippen LogP contribution in [0.25, 0.3) is 0 Å². The first kappa shape index (κ1) is 17.7. The lowest BCUT2D eigenvalue weighted by molar-refractivity contribution is -0.384. The van der Waals surface area contributed by atoms with Gasteiger partial charge in [-0.15, -0.1) is 0 Å². The fourth-order valence-corrected chi connectivity index (χ4v) is 2.99. The summed E-state index contributed by atoms with van der Waals surface area (Å²) in [6.07, 6.45) is 2.45. The van der Waals surface area contributed by atoms with E-state index in [0.29, 0.717) is 25.2 Å². The van der Waals surface area contributed by atoms with Crippen LogP contribution in [0.15, 0.2) is 18.2 Å². The normalized spacial score (nSPS) is 20.2. The SMILES string of the molecule is CCOc1ccc(NC(=O)[C@@H]2CCCC[C@H]2C(=O)O)c([N+](=O)[O-])c1. The second-order valence-corrected chi connectivity index (χ2v) is 5.69. The number of ether oxygens (including phenoxy) is 1. The molecule has 1 aliphatic carbocycles. The zero-order chi connectivity index (χ0) is 17.7. The lowest BCUT2D eigenvalue weighted by Gasteiger charge is -2.27.